The number of hydrogen-bond donors (Lipinski definition) is 2. The lowest BCUT2D eigenvalue weighted by atomic mass is 9.80. The molecule has 0 amide bonds. The predicted molar refractivity (Wildman–Crippen MR) is 201 cm³/mol. The summed E-state index contributed by atoms with van der Waals surface area (Å²) in [6.45, 7) is 0. The zero-order chi connectivity index (χ0) is 31.4. The van der Waals surface area contributed by atoms with Gasteiger partial charge in [-0.2, -0.15) is 0 Å². The largest absolute Gasteiger partial charge is 1.00 e. The molecule has 0 saturated heterocycles. The third kappa shape index (κ3) is 11.1. The van der Waals surface area contributed by atoms with Crippen molar-refractivity contribution in [3.63, 3.8) is 0 Å². The quantitative estimate of drug-likeness (QED) is 0.103. The third-order valence-corrected chi connectivity index (χ3v) is 10.5. The van der Waals surface area contributed by atoms with Crippen LogP contribution in [0.2, 0.25) is 10.0 Å². The van der Waals surface area contributed by atoms with E-state index in [2.05, 4.69) is 105 Å². The fraction of sp³-hybridized carbons (Fsp3) is 0.0909. The topological polar surface area (TPSA) is 40.5 Å². The molecule has 2 N–H and O–H groups in total. The Kier molecular flexibility index (Phi) is 17.6. The van der Waals surface area contributed by atoms with Crippen molar-refractivity contribution in [2.45, 2.75) is 14.7 Å². The smallest absolute Gasteiger partial charge is 0.489 e. The summed E-state index contributed by atoms with van der Waals surface area (Å²) in [7, 11) is -1.36. The summed E-state index contributed by atoms with van der Waals surface area (Å²) in [5.41, 5.74) is 5.29. The predicted octanol–water partition coefficient (Wildman–Crippen LogP) is 8.08. The first-order valence-electron chi connectivity index (χ1n) is 12.9. The van der Waals surface area contributed by atoms with Gasteiger partial charge in [-0.1, -0.05) is 99.8 Å². The van der Waals surface area contributed by atoms with E-state index in [1.165, 1.54) is 38.2 Å². The first-order valence-corrected chi connectivity index (χ1v) is 18.9. The molecule has 0 heterocycles. The minimum absolute atomic E-state index is 0. The Morgan fingerprint density at radius 2 is 1.07 bits per heavy atom. The van der Waals surface area contributed by atoms with Crippen molar-refractivity contribution in [3.05, 3.63) is 128 Å². The summed E-state index contributed by atoms with van der Waals surface area (Å²) < 4.78 is 1.94. The lowest BCUT2D eigenvalue weighted by Gasteiger charge is -2.13. The average Bonchev–Trinajstić information content (AvgIpc) is 3.03. The molecule has 5 aromatic carbocycles. The van der Waals surface area contributed by atoms with Gasteiger partial charge >= 0.3 is 7.12 Å². The molecule has 5 rings (SSSR count). The number of hydrogen-bond acceptors (Lipinski definition) is 5. The fourth-order valence-electron chi connectivity index (χ4n) is 4.00. The van der Waals surface area contributed by atoms with Crippen LogP contribution in [0.4, 0.5) is 0 Å². The van der Waals surface area contributed by atoms with E-state index >= 15 is 0 Å². The number of rotatable bonds is 6. The minimum atomic E-state index is -1.36. The van der Waals surface area contributed by atoms with Crippen molar-refractivity contribution in [1.29, 1.82) is 0 Å². The Labute approximate surface area is 299 Å². The minimum Gasteiger partial charge on any atom is -1.00 e. The highest BCUT2D eigenvalue weighted by Crippen LogP contribution is 2.39. The molecule has 0 aliphatic carbocycles. The Morgan fingerprint density at radius 3 is 1.59 bits per heavy atom. The summed E-state index contributed by atoms with van der Waals surface area (Å²) in [5, 5.41) is 19.3. The van der Waals surface area contributed by atoms with E-state index in [0.717, 1.165) is 29.4 Å². The van der Waals surface area contributed by atoms with Gasteiger partial charge in [0.15, 0.2) is 0 Å². The van der Waals surface area contributed by atoms with Gasteiger partial charge in [0, 0.05) is 34.2 Å². The van der Waals surface area contributed by atoms with Gasteiger partial charge in [0.25, 0.3) is 0 Å². The Balaban J connectivity index is 0.000000267. The van der Waals surface area contributed by atoms with Crippen molar-refractivity contribution < 1.29 is 14.8 Å². The van der Waals surface area contributed by atoms with E-state index < -0.39 is 7.12 Å². The SMILES string of the molecule is CSc1ccccc1-c1ccc(Cl)c(-c2ccccc2SC)c1.CSc1ccccc1B(O)O.Clc1ccc(Br)cc1Br.[F-]. The Morgan fingerprint density at radius 1 is 0.568 bits per heavy atom. The zero-order valence-corrected chi connectivity index (χ0v) is 31.1. The molecule has 0 unspecified atom stereocenters. The van der Waals surface area contributed by atoms with Gasteiger partial charge in [-0.25, -0.2) is 0 Å². The van der Waals surface area contributed by atoms with Crippen LogP contribution in [0.15, 0.2) is 133 Å². The molecule has 0 radical (unpaired) electrons. The first-order chi connectivity index (χ1) is 20.7. The van der Waals surface area contributed by atoms with Crippen LogP contribution in [-0.4, -0.2) is 35.9 Å². The van der Waals surface area contributed by atoms with E-state index in [1.54, 1.807) is 35.7 Å². The molecule has 11 heteroatoms. The first kappa shape index (κ1) is 38.8. The molecule has 5 aromatic rings. The normalized spacial score (nSPS) is 10.0. The fourth-order valence-corrected chi connectivity index (χ4v) is 7.24. The maximum absolute atomic E-state index is 8.88. The molecule has 230 valence electrons. The molecule has 0 bridgehead atoms. The molecule has 0 aliphatic heterocycles. The molecule has 0 aromatic heterocycles. The average molecular weight is 814 g/mol. The Bertz CT molecular complexity index is 1650. The molecular formula is C33H29BBr2Cl2FO2S3-. The van der Waals surface area contributed by atoms with E-state index in [1.807, 2.05) is 42.7 Å². The van der Waals surface area contributed by atoms with E-state index in [4.69, 9.17) is 33.2 Å². The highest BCUT2D eigenvalue weighted by molar-refractivity contribution is 9.11. The number of halogens is 5. The van der Waals surface area contributed by atoms with Crippen LogP contribution in [0.3, 0.4) is 0 Å². The van der Waals surface area contributed by atoms with Crippen LogP contribution in [0.5, 0.6) is 0 Å². The molecule has 0 spiro atoms. The van der Waals surface area contributed by atoms with Crippen molar-refractivity contribution in [3.8, 4) is 22.3 Å². The highest BCUT2D eigenvalue weighted by Gasteiger charge is 2.14. The van der Waals surface area contributed by atoms with Gasteiger partial charge in [-0.3, -0.25) is 0 Å². The summed E-state index contributed by atoms with van der Waals surface area (Å²) in [4.78, 5) is 3.42. The van der Waals surface area contributed by atoms with Crippen molar-refractivity contribution >= 4 is 103 Å². The van der Waals surface area contributed by atoms with Gasteiger partial charge in [-0.15, -0.1) is 35.3 Å². The molecule has 0 saturated carbocycles. The van der Waals surface area contributed by atoms with Crippen LogP contribution in [0, 0.1) is 0 Å². The van der Waals surface area contributed by atoms with Crippen LogP contribution in [0.25, 0.3) is 22.3 Å². The molecule has 44 heavy (non-hydrogen) atoms. The van der Waals surface area contributed by atoms with E-state index in [0.29, 0.717) is 5.46 Å². The lowest BCUT2D eigenvalue weighted by Crippen LogP contribution is -3.00. The molecule has 2 nitrogen and oxygen atoms in total. The van der Waals surface area contributed by atoms with Gasteiger partial charge in [0.1, 0.15) is 0 Å². The van der Waals surface area contributed by atoms with Crippen molar-refractivity contribution in [1.82, 2.24) is 0 Å². The second-order valence-electron chi connectivity index (χ2n) is 8.77. The molecule has 0 atom stereocenters. The van der Waals surface area contributed by atoms with E-state index in [-0.39, 0.29) is 4.70 Å². The molecular weight excluding hydrogens is 785 g/mol. The van der Waals surface area contributed by atoms with Gasteiger partial charge in [-0.05, 0) is 105 Å². The maximum Gasteiger partial charge on any atom is 0.489 e. The van der Waals surface area contributed by atoms with Crippen LogP contribution in [-0.2, 0) is 0 Å². The second-order valence-corrected chi connectivity index (χ2v) is 13.9. The summed E-state index contributed by atoms with van der Waals surface area (Å²) in [6, 6.07) is 36.0. The second kappa shape index (κ2) is 20.0. The summed E-state index contributed by atoms with van der Waals surface area (Å²) in [6.07, 6.45) is 6.11. The van der Waals surface area contributed by atoms with Crippen LogP contribution >= 0.6 is 90.3 Å². The van der Waals surface area contributed by atoms with Crippen molar-refractivity contribution in [2.75, 3.05) is 18.8 Å². The standard InChI is InChI=1S/C20H17ClS2.C7H9BO2S.C6H3Br2Cl.FH/c1-22-19-9-5-3-7-15(19)14-11-12-18(21)17(13-14)16-8-4-6-10-20(16)23-2;1-11-7-5-3-2-4-6(7)8(9)10;7-4-1-2-6(9)5(8)3-4;/h3-13H,1-2H3;2-5,9-10H,1H3;1-3H;1H/p-1. The van der Waals surface area contributed by atoms with Crippen LogP contribution < -0.4 is 10.2 Å². The summed E-state index contributed by atoms with van der Waals surface area (Å²) >= 11 is 23.8. The number of benzene rings is 5. The van der Waals surface area contributed by atoms with Crippen LogP contribution in [0.1, 0.15) is 0 Å². The monoisotopic (exact) mass is 811 g/mol. The Hall–Kier alpha value is -1.40. The van der Waals surface area contributed by atoms with E-state index in [9.17, 15) is 0 Å². The summed E-state index contributed by atoms with van der Waals surface area (Å²) in [5.74, 6) is 0. The van der Waals surface area contributed by atoms with Gasteiger partial charge in [0.05, 0.1) is 5.02 Å². The maximum atomic E-state index is 8.88. The lowest BCUT2D eigenvalue weighted by molar-refractivity contribution is -0.0000106. The van der Waals surface area contributed by atoms with Gasteiger partial charge in [0.2, 0.25) is 0 Å². The molecule has 0 aliphatic rings. The third-order valence-electron chi connectivity index (χ3n) is 6.08. The zero-order valence-electron chi connectivity index (χ0n) is 24.0. The van der Waals surface area contributed by atoms with Gasteiger partial charge < -0.3 is 14.8 Å². The number of thioether (sulfide) groups is 3. The van der Waals surface area contributed by atoms with Crippen molar-refractivity contribution in [2.24, 2.45) is 0 Å². The highest BCUT2D eigenvalue weighted by atomic mass is 79.9. The molecule has 0 fully saturated rings.